The van der Waals surface area contributed by atoms with Crippen LogP contribution in [0.5, 0.6) is 0 Å². The summed E-state index contributed by atoms with van der Waals surface area (Å²) in [6, 6.07) is 5.42. The number of rotatable bonds is 3. The van der Waals surface area contributed by atoms with Crippen LogP contribution >= 0.6 is 23.2 Å². The van der Waals surface area contributed by atoms with Gasteiger partial charge in [-0.1, -0.05) is 23.2 Å². The minimum absolute atomic E-state index is 0.548. The fourth-order valence-electron chi connectivity index (χ4n) is 1.54. The molecule has 0 amide bonds. The second kappa shape index (κ2) is 4.87. The van der Waals surface area contributed by atoms with Gasteiger partial charge < -0.3 is 11.1 Å². The monoisotopic (exact) mass is 255 g/mol. The number of hydrogen-bond donors (Lipinski definition) is 2. The fourth-order valence-corrected chi connectivity index (χ4v) is 2.09. The molecule has 0 radical (unpaired) electrons. The number of benzene rings is 1. The average Bonchev–Trinajstić information content (AvgIpc) is 2.26. The first kappa shape index (κ1) is 11.5. The molecule has 0 saturated carbocycles. The van der Waals surface area contributed by atoms with E-state index in [0.29, 0.717) is 23.1 Å². The number of fused-ring (bicyclic) bond motifs is 1. The van der Waals surface area contributed by atoms with Gasteiger partial charge in [0.05, 0.1) is 5.02 Å². The van der Waals surface area contributed by atoms with Crippen LogP contribution in [0.4, 0.5) is 5.82 Å². The molecule has 0 bridgehead atoms. The van der Waals surface area contributed by atoms with Gasteiger partial charge in [0.2, 0.25) is 0 Å². The number of nitrogens with one attached hydrogen (secondary N) is 1. The number of hydrogen-bond acceptors (Lipinski definition) is 3. The summed E-state index contributed by atoms with van der Waals surface area (Å²) in [6.07, 6.45) is 1.71. The van der Waals surface area contributed by atoms with E-state index in [4.69, 9.17) is 28.9 Å². The molecular formula is C11H11Cl2N3. The highest BCUT2D eigenvalue weighted by atomic mass is 35.5. The Balaban J connectivity index is 2.57. The summed E-state index contributed by atoms with van der Waals surface area (Å²) < 4.78 is 0. The maximum Gasteiger partial charge on any atom is 0.133 e. The number of nitrogens with zero attached hydrogens (tertiary/aromatic N) is 1. The zero-order valence-electron chi connectivity index (χ0n) is 8.50. The third-order valence-electron chi connectivity index (χ3n) is 2.23. The number of nitrogens with two attached hydrogens (primary N) is 1. The quantitative estimate of drug-likeness (QED) is 0.887. The van der Waals surface area contributed by atoms with Crippen LogP contribution in [0, 0.1) is 0 Å². The first-order valence-corrected chi connectivity index (χ1v) is 5.65. The number of pyridine rings is 1. The summed E-state index contributed by atoms with van der Waals surface area (Å²) in [7, 11) is 0. The molecule has 0 aliphatic heterocycles. The summed E-state index contributed by atoms with van der Waals surface area (Å²) in [5.41, 5.74) is 5.44. The van der Waals surface area contributed by atoms with Crippen molar-refractivity contribution in [1.82, 2.24) is 4.98 Å². The van der Waals surface area contributed by atoms with Crippen molar-refractivity contribution in [1.29, 1.82) is 0 Å². The molecule has 1 aromatic heterocycles. The largest absolute Gasteiger partial charge is 0.368 e. The summed E-state index contributed by atoms with van der Waals surface area (Å²) >= 11 is 12.1. The van der Waals surface area contributed by atoms with Crippen LogP contribution in [0.25, 0.3) is 10.8 Å². The second-order valence-electron chi connectivity index (χ2n) is 3.36. The van der Waals surface area contributed by atoms with Crippen molar-refractivity contribution in [2.75, 3.05) is 18.4 Å². The Kier molecular flexibility index (Phi) is 3.49. The van der Waals surface area contributed by atoms with Crippen LogP contribution in [-0.2, 0) is 0 Å². The van der Waals surface area contributed by atoms with E-state index in [1.807, 2.05) is 12.1 Å². The molecule has 0 aliphatic carbocycles. The Morgan fingerprint density at radius 1 is 1.25 bits per heavy atom. The molecule has 1 aromatic carbocycles. The molecule has 2 aromatic rings. The minimum Gasteiger partial charge on any atom is -0.368 e. The highest BCUT2D eigenvalue weighted by molar-refractivity contribution is 6.39. The molecule has 84 valence electrons. The van der Waals surface area contributed by atoms with Gasteiger partial charge in [-0.15, -0.1) is 0 Å². The van der Waals surface area contributed by atoms with E-state index in [1.165, 1.54) is 0 Å². The number of halogens is 2. The summed E-state index contributed by atoms with van der Waals surface area (Å²) in [5, 5.41) is 6.20. The normalized spacial score (nSPS) is 10.7. The van der Waals surface area contributed by atoms with Crippen molar-refractivity contribution in [2.45, 2.75) is 0 Å². The molecule has 0 fully saturated rings. The molecule has 0 atom stereocenters. The van der Waals surface area contributed by atoms with E-state index in [2.05, 4.69) is 10.3 Å². The molecule has 1 heterocycles. The van der Waals surface area contributed by atoms with Crippen molar-refractivity contribution in [3.63, 3.8) is 0 Å². The highest BCUT2D eigenvalue weighted by Gasteiger charge is 2.06. The van der Waals surface area contributed by atoms with Gasteiger partial charge in [0, 0.05) is 35.1 Å². The van der Waals surface area contributed by atoms with Crippen molar-refractivity contribution < 1.29 is 0 Å². The van der Waals surface area contributed by atoms with E-state index in [-0.39, 0.29) is 0 Å². The highest BCUT2D eigenvalue weighted by Crippen LogP contribution is 2.30. The molecule has 0 unspecified atom stereocenters. The maximum atomic E-state index is 6.10. The summed E-state index contributed by atoms with van der Waals surface area (Å²) in [6.45, 7) is 1.21. The SMILES string of the molecule is NCCNc1nccc2c(Cl)cc(Cl)cc12. The van der Waals surface area contributed by atoms with Gasteiger partial charge in [-0.2, -0.15) is 0 Å². The van der Waals surface area contributed by atoms with Gasteiger partial charge in [-0.25, -0.2) is 4.98 Å². The maximum absolute atomic E-state index is 6.10. The van der Waals surface area contributed by atoms with Gasteiger partial charge in [-0.3, -0.25) is 0 Å². The standard InChI is InChI=1S/C11H11Cl2N3/c12-7-5-9-8(10(13)6-7)1-3-15-11(9)16-4-2-14/h1,3,5-6H,2,4,14H2,(H,15,16). The van der Waals surface area contributed by atoms with Gasteiger partial charge >= 0.3 is 0 Å². The Bertz CT molecular complexity index is 514. The van der Waals surface area contributed by atoms with E-state index >= 15 is 0 Å². The molecule has 5 heteroatoms. The van der Waals surface area contributed by atoms with Crippen molar-refractivity contribution in [3.05, 3.63) is 34.4 Å². The van der Waals surface area contributed by atoms with E-state index in [9.17, 15) is 0 Å². The molecule has 16 heavy (non-hydrogen) atoms. The van der Waals surface area contributed by atoms with Crippen LogP contribution in [0.15, 0.2) is 24.4 Å². The molecule has 3 nitrogen and oxygen atoms in total. The fraction of sp³-hybridized carbons (Fsp3) is 0.182. The second-order valence-corrected chi connectivity index (χ2v) is 4.20. The number of anilines is 1. The summed E-state index contributed by atoms with van der Waals surface area (Å²) in [4.78, 5) is 4.24. The number of aromatic nitrogens is 1. The van der Waals surface area contributed by atoms with Gasteiger partial charge in [-0.05, 0) is 18.2 Å². The molecule has 2 rings (SSSR count). The minimum atomic E-state index is 0.548. The van der Waals surface area contributed by atoms with E-state index in [0.717, 1.165) is 16.6 Å². The lowest BCUT2D eigenvalue weighted by molar-refractivity contribution is 1.02. The van der Waals surface area contributed by atoms with E-state index in [1.54, 1.807) is 12.3 Å². The first-order chi connectivity index (χ1) is 7.72. The molecule has 0 aliphatic rings. The molecule has 0 spiro atoms. The van der Waals surface area contributed by atoms with Crippen molar-refractivity contribution in [3.8, 4) is 0 Å². The zero-order chi connectivity index (χ0) is 11.5. The summed E-state index contributed by atoms with van der Waals surface area (Å²) in [5.74, 6) is 0.757. The van der Waals surface area contributed by atoms with Crippen LogP contribution in [-0.4, -0.2) is 18.1 Å². The van der Waals surface area contributed by atoms with Crippen LogP contribution < -0.4 is 11.1 Å². The van der Waals surface area contributed by atoms with Crippen LogP contribution in [0.1, 0.15) is 0 Å². The topological polar surface area (TPSA) is 50.9 Å². The average molecular weight is 256 g/mol. The van der Waals surface area contributed by atoms with Gasteiger partial charge in [0.1, 0.15) is 5.82 Å². The predicted molar refractivity (Wildman–Crippen MR) is 69.3 cm³/mol. The lowest BCUT2D eigenvalue weighted by Gasteiger charge is -2.08. The Morgan fingerprint density at radius 2 is 2.06 bits per heavy atom. The Labute approximate surface area is 104 Å². The Morgan fingerprint density at radius 3 is 2.81 bits per heavy atom. The Hall–Kier alpha value is -1.03. The van der Waals surface area contributed by atoms with Gasteiger partial charge in [0.25, 0.3) is 0 Å². The van der Waals surface area contributed by atoms with Gasteiger partial charge in [0.15, 0.2) is 0 Å². The molecule has 0 saturated heterocycles. The molecular weight excluding hydrogens is 245 g/mol. The van der Waals surface area contributed by atoms with Crippen molar-refractivity contribution >= 4 is 39.8 Å². The third-order valence-corrected chi connectivity index (χ3v) is 2.76. The third kappa shape index (κ3) is 2.21. The smallest absolute Gasteiger partial charge is 0.133 e. The van der Waals surface area contributed by atoms with Crippen molar-refractivity contribution in [2.24, 2.45) is 5.73 Å². The van der Waals surface area contributed by atoms with Crippen LogP contribution in [0.2, 0.25) is 10.0 Å². The zero-order valence-corrected chi connectivity index (χ0v) is 10.0. The van der Waals surface area contributed by atoms with Crippen LogP contribution in [0.3, 0.4) is 0 Å². The van der Waals surface area contributed by atoms with E-state index < -0.39 is 0 Å². The lowest BCUT2D eigenvalue weighted by Crippen LogP contribution is -2.14. The first-order valence-electron chi connectivity index (χ1n) is 4.90. The lowest BCUT2D eigenvalue weighted by atomic mass is 10.1. The molecule has 3 N–H and O–H groups in total. The predicted octanol–water partition coefficient (Wildman–Crippen LogP) is 2.91.